The average molecular weight is 335 g/mol. The first kappa shape index (κ1) is 16.8. The molecule has 21 heavy (non-hydrogen) atoms. The summed E-state index contributed by atoms with van der Waals surface area (Å²) in [5.74, 6) is 0.321. The van der Waals surface area contributed by atoms with Gasteiger partial charge in [-0.15, -0.1) is 11.6 Å². The van der Waals surface area contributed by atoms with Crippen LogP contribution in [-0.4, -0.2) is 43.6 Å². The van der Waals surface area contributed by atoms with Crippen LogP contribution in [0.3, 0.4) is 0 Å². The fraction of sp³-hybridized carbons (Fsp3) is 0.714. The van der Waals surface area contributed by atoms with Crippen LogP contribution in [-0.2, 0) is 27.2 Å². The number of nitrogens with zero attached hydrogens (tertiary/aromatic N) is 2. The van der Waals surface area contributed by atoms with Crippen molar-refractivity contribution in [1.29, 1.82) is 0 Å². The van der Waals surface area contributed by atoms with E-state index >= 15 is 0 Å². The minimum Gasteiger partial charge on any atom is -0.381 e. The van der Waals surface area contributed by atoms with E-state index in [-0.39, 0.29) is 6.10 Å². The number of ether oxygens (including phenoxy) is 1. The molecule has 0 N–H and O–H groups in total. The van der Waals surface area contributed by atoms with Gasteiger partial charge in [-0.1, -0.05) is 6.92 Å². The first-order chi connectivity index (χ1) is 10.0. The second kappa shape index (κ2) is 7.13. The molecule has 5 nitrogen and oxygen atoms in total. The molecule has 0 radical (unpaired) electrons. The van der Waals surface area contributed by atoms with Gasteiger partial charge in [-0.3, -0.25) is 0 Å². The molecule has 7 heteroatoms. The van der Waals surface area contributed by atoms with Crippen molar-refractivity contribution in [3.63, 3.8) is 0 Å². The summed E-state index contributed by atoms with van der Waals surface area (Å²) >= 11 is 5.91. The van der Waals surface area contributed by atoms with Crippen LogP contribution in [0.25, 0.3) is 0 Å². The maximum atomic E-state index is 12.7. The topological polar surface area (TPSA) is 51.5 Å². The number of aromatic nitrogens is 1. The molecule has 2 rings (SSSR count). The highest BCUT2D eigenvalue weighted by Gasteiger charge is 2.30. The maximum Gasteiger partial charge on any atom is 0.244 e. The van der Waals surface area contributed by atoms with Gasteiger partial charge < -0.3 is 9.30 Å². The van der Waals surface area contributed by atoms with Crippen molar-refractivity contribution in [3.8, 4) is 0 Å². The van der Waals surface area contributed by atoms with Crippen molar-refractivity contribution in [2.45, 2.75) is 49.6 Å². The zero-order valence-corrected chi connectivity index (χ0v) is 14.2. The Morgan fingerprint density at radius 3 is 2.57 bits per heavy atom. The molecule has 1 aliphatic heterocycles. The standard InChI is InChI=1S/C14H23ClN2O3S/c1-3-6-16-11-14(9-12(16)10-15)21(18,19)17-7-4-13(20-2)5-8-17/h9,11,13H,3-8,10H2,1-2H3. The van der Waals surface area contributed by atoms with Gasteiger partial charge in [-0.05, 0) is 25.3 Å². The second-order valence-corrected chi connectivity index (χ2v) is 7.54. The van der Waals surface area contributed by atoms with E-state index in [0.29, 0.717) is 23.9 Å². The first-order valence-electron chi connectivity index (χ1n) is 7.30. The van der Waals surface area contributed by atoms with Crippen LogP contribution in [0.4, 0.5) is 0 Å². The Kier molecular flexibility index (Phi) is 5.71. The number of aryl methyl sites for hydroxylation is 1. The van der Waals surface area contributed by atoms with Crippen LogP contribution < -0.4 is 0 Å². The molecule has 0 saturated carbocycles. The summed E-state index contributed by atoms with van der Waals surface area (Å²) in [5.41, 5.74) is 0.851. The maximum absolute atomic E-state index is 12.7. The van der Waals surface area contributed by atoms with E-state index in [1.807, 2.05) is 4.57 Å². The molecule has 0 amide bonds. The lowest BCUT2D eigenvalue weighted by atomic mass is 10.1. The second-order valence-electron chi connectivity index (χ2n) is 5.33. The summed E-state index contributed by atoms with van der Waals surface area (Å²) in [4.78, 5) is 0.350. The molecule has 0 bridgehead atoms. The highest BCUT2D eigenvalue weighted by Crippen LogP contribution is 2.24. The molecule has 1 saturated heterocycles. The number of piperidine rings is 1. The number of methoxy groups -OCH3 is 1. The Bertz CT molecular complexity index is 563. The predicted molar refractivity (Wildman–Crippen MR) is 83.1 cm³/mol. The van der Waals surface area contributed by atoms with Crippen LogP contribution in [0, 0.1) is 0 Å². The van der Waals surface area contributed by atoms with Crippen molar-refractivity contribution in [2.75, 3.05) is 20.2 Å². The summed E-state index contributed by atoms with van der Waals surface area (Å²) in [6.07, 6.45) is 4.30. The molecule has 0 aromatic carbocycles. The molecular formula is C14H23ClN2O3S. The molecule has 1 aromatic rings. The van der Waals surface area contributed by atoms with E-state index in [1.165, 1.54) is 0 Å². The number of hydrogen-bond acceptors (Lipinski definition) is 3. The highest BCUT2D eigenvalue weighted by molar-refractivity contribution is 7.89. The van der Waals surface area contributed by atoms with Crippen LogP contribution in [0.1, 0.15) is 31.9 Å². The molecule has 120 valence electrons. The largest absolute Gasteiger partial charge is 0.381 e. The molecule has 0 spiro atoms. The molecule has 0 unspecified atom stereocenters. The normalized spacial score (nSPS) is 18.2. The van der Waals surface area contributed by atoms with Crippen LogP contribution in [0.5, 0.6) is 0 Å². The summed E-state index contributed by atoms with van der Waals surface area (Å²) in [6, 6.07) is 1.69. The third-order valence-electron chi connectivity index (χ3n) is 3.93. The molecular weight excluding hydrogens is 312 g/mol. The molecule has 0 atom stereocenters. The Morgan fingerprint density at radius 1 is 1.38 bits per heavy atom. The van der Waals surface area contributed by atoms with Gasteiger partial charge in [0.1, 0.15) is 4.90 Å². The zero-order valence-electron chi connectivity index (χ0n) is 12.6. The van der Waals surface area contributed by atoms with Crippen LogP contribution >= 0.6 is 11.6 Å². The zero-order chi connectivity index (χ0) is 15.5. The first-order valence-corrected chi connectivity index (χ1v) is 9.28. The Balaban J connectivity index is 2.20. The summed E-state index contributed by atoms with van der Waals surface area (Å²) in [6.45, 7) is 3.86. The van der Waals surface area contributed by atoms with Gasteiger partial charge in [0, 0.05) is 38.6 Å². The lowest BCUT2D eigenvalue weighted by Crippen LogP contribution is -2.40. The van der Waals surface area contributed by atoms with Crippen molar-refractivity contribution in [1.82, 2.24) is 8.87 Å². The average Bonchev–Trinajstić information content (AvgIpc) is 2.91. The van der Waals surface area contributed by atoms with E-state index < -0.39 is 10.0 Å². The monoisotopic (exact) mass is 334 g/mol. The lowest BCUT2D eigenvalue weighted by molar-refractivity contribution is 0.0604. The number of hydrogen-bond donors (Lipinski definition) is 0. The number of alkyl halides is 1. The van der Waals surface area contributed by atoms with Gasteiger partial charge in [0.05, 0.1) is 12.0 Å². The highest BCUT2D eigenvalue weighted by atomic mass is 35.5. The van der Waals surface area contributed by atoms with Crippen LogP contribution in [0.2, 0.25) is 0 Å². The van der Waals surface area contributed by atoms with Gasteiger partial charge in [-0.2, -0.15) is 4.31 Å². The summed E-state index contributed by atoms with van der Waals surface area (Å²) < 4.78 is 34.2. The van der Waals surface area contributed by atoms with Gasteiger partial charge >= 0.3 is 0 Å². The number of rotatable bonds is 6. The third kappa shape index (κ3) is 3.62. The van der Waals surface area contributed by atoms with Crippen molar-refractivity contribution >= 4 is 21.6 Å². The summed E-state index contributed by atoms with van der Waals surface area (Å²) in [5, 5.41) is 0. The van der Waals surface area contributed by atoms with Crippen molar-refractivity contribution in [3.05, 3.63) is 18.0 Å². The number of sulfonamides is 1. The molecule has 1 fully saturated rings. The minimum atomic E-state index is -3.43. The smallest absolute Gasteiger partial charge is 0.244 e. The van der Waals surface area contributed by atoms with Gasteiger partial charge in [0.25, 0.3) is 0 Å². The SMILES string of the molecule is CCCn1cc(S(=O)(=O)N2CCC(OC)CC2)cc1CCl. The van der Waals surface area contributed by atoms with Crippen molar-refractivity contribution in [2.24, 2.45) is 0 Å². The molecule has 2 heterocycles. The lowest BCUT2D eigenvalue weighted by Gasteiger charge is -2.30. The minimum absolute atomic E-state index is 0.166. The van der Waals surface area contributed by atoms with Gasteiger partial charge in [0.15, 0.2) is 0 Å². The third-order valence-corrected chi connectivity index (χ3v) is 6.07. The van der Waals surface area contributed by atoms with Gasteiger partial charge in [-0.25, -0.2) is 8.42 Å². The van der Waals surface area contributed by atoms with E-state index in [4.69, 9.17) is 16.3 Å². The van der Waals surface area contributed by atoms with Crippen LogP contribution in [0.15, 0.2) is 17.2 Å². The van der Waals surface area contributed by atoms with Gasteiger partial charge in [0.2, 0.25) is 10.0 Å². The molecule has 1 aromatic heterocycles. The van der Waals surface area contributed by atoms with E-state index in [9.17, 15) is 8.42 Å². The Hall–Kier alpha value is -0.560. The fourth-order valence-corrected chi connectivity index (χ4v) is 4.45. The van der Waals surface area contributed by atoms with E-state index in [1.54, 1.807) is 23.7 Å². The van der Waals surface area contributed by atoms with E-state index in [0.717, 1.165) is 31.5 Å². The fourth-order valence-electron chi connectivity index (χ4n) is 2.68. The Morgan fingerprint density at radius 2 is 2.05 bits per heavy atom. The molecule has 0 aliphatic carbocycles. The van der Waals surface area contributed by atoms with Crippen molar-refractivity contribution < 1.29 is 13.2 Å². The quantitative estimate of drug-likeness (QED) is 0.751. The molecule has 1 aliphatic rings. The number of halogens is 1. The predicted octanol–water partition coefficient (Wildman–Crippen LogP) is 2.44. The summed E-state index contributed by atoms with van der Waals surface area (Å²) in [7, 11) is -1.75. The Labute approximate surface area is 131 Å². The van der Waals surface area contributed by atoms with E-state index in [2.05, 4.69) is 6.92 Å².